The van der Waals surface area contributed by atoms with Crippen molar-refractivity contribution < 1.29 is 4.74 Å². The minimum atomic E-state index is 0.688. The van der Waals surface area contributed by atoms with Crippen molar-refractivity contribution in [3.8, 4) is 0 Å². The first-order valence-corrected chi connectivity index (χ1v) is 12.4. The predicted octanol–water partition coefficient (Wildman–Crippen LogP) is 4.71. The van der Waals surface area contributed by atoms with Crippen LogP contribution < -0.4 is 10.2 Å². The van der Waals surface area contributed by atoms with E-state index in [1.807, 2.05) is 0 Å². The maximum Gasteiger partial charge on any atom is 0.0988 e. The number of ether oxygens (including phenoxy) is 1. The van der Waals surface area contributed by atoms with Gasteiger partial charge in [0.1, 0.15) is 0 Å². The van der Waals surface area contributed by atoms with Gasteiger partial charge in [0, 0.05) is 56.3 Å². The lowest BCUT2D eigenvalue weighted by Gasteiger charge is -2.27. The number of nitrogens with zero attached hydrogens (tertiary/aromatic N) is 4. The first kappa shape index (κ1) is 20.8. The van der Waals surface area contributed by atoms with Gasteiger partial charge < -0.3 is 24.4 Å². The highest BCUT2D eigenvalue weighted by molar-refractivity contribution is 6.17. The number of pyridine rings is 1. The molecule has 1 fully saturated rings. The van der Waals surface area contributed by atoms with Crippen molar-refractivity contribution >= 4 is 44.2 Å². The summed E-state index contributed by atoms with van der Waals surface area (Å²) in [5.74, 6) is 0. The predicted molar refractivity (Wildman–Crippen MR) is 138 cm³/mol. The Balaban J connectivity index is 1.52. The first-order chi connectivity index (χ1) is 16.3. The van der Waals surface area contributed by atoms with Gasteiger partial charge in [-0.05, 0) is 56.6 Å². The van der Waals surface area contributed by atoms with Crippen molar-refractivity contribution in [3.63, 3.8) is 0 Å². The van der Waals surface area contributed by atoms with Gasteiger partial charge in [-0.25, -0.2) is 4.98 Å². The molecule has 6 heteroatoms. The minimum absolute atomic E-state index is 0.688. The third kappa shape index (κ3) is 3.71. The zero-order chi connectivity index (χ0) is 22.2. The van der Waals surface area contributed by atoms with E-state index in [1.54, 1.807) is 7.11 Å². The molecule has 2 aliphatic rings. The zero-order valence-corrected chi connectivity index (χ0v) is 19.5. The summed E-state index contributed by atoms with van der Waals surface area (Å²) < 4.78 is 7.73. The van der Waals surface area contributed by atoms with Gasteiger partial charge in [-0.3, -0.25) is 0 Å². The van der Waals surface area contributed by atoms with Crippen LogP contribution in [0.15, 0.2) is 42.5 Å². The van der Waals surface area contributed by atoms with E-state index in [-0.39, 0.29) is 0 Å². The van der Waals surface area contributed by atoms with Crippen molar-refractivity contribution in [2.24, 2.45) is 0 Å². The highest BCUT2D eigenvalue weighted by Crippen LogP contribution is 2.41. The number of hydrogen-bond acceptors (Lipinski definition) is 5. The van der Waals surface area contributed by atoms with Gasteiger partial charge in [-0.2, -0.15) is 0 Å². The van der Waals surface area contributed by atoms with E-state index < -0.39 is 0 Å². The lowest BCUT2D eigenvalue weighted by atomic mass is 10.1. The highest BCUT2D eigenvalue weighted by Gasteiger charge is 2.25. The van der Waals surface area contributed by atoms with Crippen LogP contribution in [-0.2, 0) is 11.3 Å². The molecule has 0 radical (unpaired) electrons. The summed E-state index contributed by atoms with van der Waals surface area (Å²) in [5.41, 5.74) is 7.27. The Bertz CT molecular complexity index is 1290. The second-order valence-corrected chi connectivity index (χ2v) is 9.37. The Hall–Kier alpha value is -2.83. The van der Waals surface area contributed by atoms with Crippen molar-refractivity contribution in [2.75, 3.05) is 63.2 Å². The second-order valence-electron chi connectivity index (χ2n) is 9.37. The van der Waals surface area contributed by atoms with E-state index in [4.69, 9.17) is 9.72 Å². The Morgan fingerprint density at radius 2 is 1.82 bits per heavy atom. The van der Waals surface area contributed by atoms with Crippen LogP contribution in [0.3, 0.4) is 0 Å². The summed E-state index contributed by atoms with van der Waals surface area (Å²) in [4.78, 5) is 10.5. The maximum atomic E-state index is 5.24. The molecule has 0 spiro atoms. The Morgan fingerprint density at radius 3 is 2.70 bits per heavy atom. The van der Waals surface area contributed by atoms with Crippen LogP contribution >= 0.6 is 0 Å². The van der Waals surface area contributed by atoms with Gasteiger partial charge in [-0.15, -0.1) is 0 Å². The van der Waals surface area contributed by atoms with Crippen LogP contribution in [0.5, 0.6) is 0 Å². The van der Waals surface area contributed by atoms with Gasteiger partial charge in [0.15, 0.2) is 0 Å². The molecule has 0 unspecified atom stereocenters. The lowest BCUT2D eigenvalue weighted by Crippen LogP contribution is -2.34. The molecule has 4 aromatic rings. The summed E-state index contributed by atoms with van der Waals surface area (Å²) in [7, 11) is 1.74. The fraction of sp³-hybridized carbons (Fsp3) is 0.444. The third-order valence-electron chi connectivity index (χ3n) is 7.30. The van der Waals surface area contributed by atoms with Crippen LogP contribution in [0.25, 0.3) is 32.8 Å². The number of likely N-dealkylation sites (tertiary alicyclic amines) is 1. The molecule has 6 rings (SSSR count). The third-order valence-corrected chi connectivity index (χ3v) is 7.30. The number of nitrogens with one attached hydrogen (secondary N) is 1. The standard InChI is InChI=1S/C27H33N5O/c1-33-18-11-28-20-9-10-21-23(19-20)29-25-22-7-2-3-8-24(22)32-15-6-14-31(26(21)27(25)32)17-16-30-12-4-5-13-30/h2-3,7-10,19,28H,4-6,11-18H2,1H3. The molecule has 1 N–H and O–H groups in total. The lowest BCUT2D eigenvalue weighted by molar-refractivity contribution is 0.211. The fourth-order valence-electron chi connectivity index (χ4n) is 5.69. The van der Waals surface area contributed by atoms with Gasteiger partial charge in [0.05, 0.1) is 34.4 Å². The Morgan fingerprint density at radius 1 is 0.939 bits per heavy atom. The van der Waals surface area contributed by atoms with E-state index >= 15 is 0 Å². The maximum absolute atomic E-state index is 5.24. The fourth-order valence-corrected chi connectivity index (χ4v) is 5.69. The molecule has 0 bridgehead atoms. The molecule has 2 aromatic heterocycles. The molecule has 2 aromatic carbocycles. The summed E-state index contributed by atoms with van der Waals surface area (Å²) in [6.45, 7) is 8.32. The van der Waals surface area contributed by atoms with Crippen LogP contribution in [0.4, 0.5) is 11.4 Å². The van der Waals surface area contributed by atoms with E-state index in [0.29, 0.717) is 6.61 Å². The normalized spacial score (nSPS) is 16.8. The SMILES string of the molecule is COCCNc1ccc2c3c4c(nc2c1)c1ccccc1n4CCCN3CCN1CCCC1. The van der Waals surface area contributed by atoms with E-state index in [2.05, 4.69) is 62.1 Å². The number of benzene rings is 2. The molecule has 0 saturated carbocycles. The van der Waals surface area contributed by atoms with Crippen molar-refractivity contribution in [1.29, 1.82) is 0 Å². The van der Waals surface area contributed by atoms with E-state index in [1.165, 1.54) is 53.4 Å². The summed E-state index contributed by atoms with van der Waals surface area (Å²) >= 11 is 0. The number of fused-ring (bicyclic) bond motifs is 5. The van der Waals surface area contributed by atoms with Crippen molar-refractivity contribution in [2.45, 2.75) is 25.8 Å². The van der Waals surface area contributed by atoms with Gasteiger partial charge in [-0.1, -0.05) is 18.2 Å². The Labute approximate surface area is 195 Å². The zero-order valence-electron chi connectivity index (χ0n) is 19.5. The van der Waals surface area contributed by atoms with Crippen LogP contribution in [0.1, 0.15) is 19.3 Å². The van der Waals surface area contributed by atoms with Crippen molar-refractivity contribution in [1.82, 2.24) is 14.5 Å². The largest absolute Gasteiger partial charge is 0.383 e. The van der Waals surface area contributed by atoms with Gasteiger partial charge >= 0.3 is 0 Å². The minimum Gasteiger partial charge on any atom is -0.383 e. The monoisotopic (exact) mass is 443 g/mol. The molecule has 1 saturated heterocycles. The number of aryl methyl sites for hydroxylation is 1. The van der Waals surface area contributed by atoms with Crippen LogP contribution in [0.2, 0.25) is 0 Å². The van der Waals surface area contributed by atoms with Gasteiger partial charge in [0.25, 0.3) is 0 Å². The average molecular weight is 444 g/mol. The Kier molecular flexibility index (Phi) is 5.56. The van der Waals surface area contributed by atoms with E-state index in [0.717, 1.165) is 55.9 Å². The quantitative estimate of drug-likeness (QED) is 0.419. The smallest absolute Gasteiger partial charge is 0.0988 e. The highest BCUT2D eigenvalue weighted by atomic mass is 16.5. The number of para-hydroxylation sites is 1. The number of rotatable bonds is 7. The average Bonchev–Trinajstić information content (AvgIpc) is 3.42. The molecular weight excluding hydrogens is 410 g/mol. The molecule has 0 atom stereocenters. The number of methoxy groups -OCH3 is 1. The number of anilines is 2. The molecule has 172 valence electrons. The molecule has 0 amide bonds. The second kappa shape index (κ2) is 8.84. The van der Waals surface area contributed by atoms with Crippen molar-refractivity contribution in [3.05, 3.63) is 42.5 Å². The topological polar surface area (TPSA) is 45.6 Å². The summed E-state index contributed by atoms with van der Waals surface area (Å²) in [6.07, 6.45) is 3.84. The number of hydrogen-bond donors (Lipinski definition) is 1. The molecule has 6 nitrogen and oxygen atoms in total. The summed E-state index contributed by atoms with van der Waals surface area (Å²) in [5, 5.41) is 5.99. The number of aromatic nitrogens is 2. The molecular formula is C27H33N5O. The molecule has 2 aliphatic heterocycles. The molecule has 0 aliphatic carbocycles. The molecule has 33 heavy (non-hydrogen) atoms. The summed E-state index contributed by atoms with van der Waals surface area (Å²) in [6, 6.07) is 15.4. The van der Waals surface area contributed by atoms with Gasteiger partial charge in [0.2, 0.25) is 0 Å². The van der Waals surface area contributed by atoms with Crippen LogP contribution in [0, 0.1) is 0 Å². The first-order valence-electron chi connectivity index (χ1n) is 12.4. The van der Waals surface area contributed by atoms with Crippen LogP contribution in [-0.4, -0.2) is 67.4 Å². The molecule has 4 heterocycles. The van der Waals surface area contributed by atoms with E-state index in [9.17, 15) is 0 Å².